The van der Waals surface area contributed by atoms with Gasteiger partial charge in [0.1, 0.15) is 4.21 Å². The molecule has 2 unspecified atom stereocenters. The van der Waals surface area contributed by atoms with Crippen LogP contribution >= 0.6 is 11.3 Å². The van der Waals surface area contributed by atoms with E-state index in [1.807, 2.05) is 0 Å². The number of morpholine rings is 1. The van der Waals surface area contributed by atoms with Crippen LogP contribution in [-0.4, -0.2) is 42.9 Å². The highest BCUT2D eigenvalue weighted by molar-refractivity contribution is 7.91. The van der Waals surface area contributed by atoms with Crippen LogP contribution in [0.1, 0.15) is 13.8 Å². The van der Waals surface area contributed by atoms with E-state index in [9.17, 15) is 18.5 Å². The van der Waals surface area contributed by atoms with Crippen molar-refractivity contribution in [2.45, 2.75) is 30.3 Å². The summed E-state index contributed by atoms with van der Waals surface area (Å²) in [6.07, 6.45) is -0.443. The first-order chi connectivity index (χ1) is 9.21. The van der Waals surface area contributed by atoms with Gasteiger partial charge in [0.15, 0.2) is 5.00 Å². The molecule has 112 valence electrons. The van der Waals surface area contributed by atoms with Crippen LogP contribution in [0.15, 0.2) is 10.3 Å². The molecule has 0 aromatic carbocycles. The van der Waals surface area contributed by atoms with Gasteiger partial charge in [0.2, 0.25) is 0 Å². The van der Waals surface area contributed by atoms with Crippen molar-refractivity contribution in [2.75, 3.05) is 18.8 Å². The molecule has 1 aromatic rings. The van der Waals surface area contributed by atoms with E-state index in [0.29, 0.717) is 11.3 Å². The monoisotopic (exact) mass is 321 g/mol. The van der Waals surface area contributed by atoms with Crippen LogP contribution in [0.25, 0.3) is 0 Å². The smallest absolute Gasteiger partial charge is 0.304 e. The number of rotatable bonds is 3. The fourth-order valence-electron chi connectivity index (χ4n) is 2.10. The molecular formula is C10H15N3O5S2. The van der Waals surface area contributed by atoms with Crippen molar-refractivity contribution in [3.05, 3.63) is 16.2 Å². The molecule has 1 fully saturated rings. The summed E-state index contributed by atoms with van der Waals surface area (Å²) in [5.74, 6) is 0. The van der Waals surface area contributed by atoms with Crippen LogP contribution in [0.2, 0.25) is 0 Å². The minimum absolute atomic E-state index is 0.108. The molecule has 1 aromatic heterocycles. The van der Waals surface area contributed by atoms with Gasteiger partial charge < -0.3 is 10.5 Å². The first-order valence-corrected chi connectivity index (χ1v) is 8.16. The highest BCUT2D eigenvalue weighted by Crippen LogP contribution is 2.36. The Hall–Kier alpha value is -1.23. The van der Waals surface area contributed by atoms with Gasteiger partial charge in [0.05, 0.1) is 17.1 Å². The molecule has 8 nitrogen and oxygen atoms in total. The summed E-state index contributed by atoms with van der Waals surface area (Å²) in [6, 6.07) is 1.01. The van der Waals surface area contributed by atoms with Crippen LogP contribution < -0.4 is 5.73 Å². The number of sulfonamides is 1. The van der Waals surface area contributed by atoms with Crippen LogP contribution in [0.3, 0.4) is 0 Å². The zero-order valence-electron chi connectivity index (χ0n) is 11.0. The molecular weight excluding hydrogens is 306 g/mol. The van der Waals surface area contributed by atoms with Gasteiger partial charge in [-0.15, -0.1) is 0 Å². The molecule has 1 aliphatic heterocycles. The Labute approximate surface area is 120 Å². The molecule has 1 aliphatic rings. The maximum Gasteiger partial charge on any atom is 0.304 e. The molecule has 1 saturated heterocycles. The number of nitro groups is 1. The first-order valence-electron chi connectivity index (χ1n) is 5.91. The second kappa shape index (κ2) is 5.28. The number of thiophene rings is 1. The molecule has 2 atom stereocenters. The zero-order chi connectivity index (χ0) is 15.1. The van der Waals surface area contributed by atoms with E-state index in [2.05, 4.69) is 0 Å². The molecule has 0 bridgehead atoms. The zero-order valence-corrected chi connectivity index (χ0v) is 12.6. The Kier molecular flexibility index (Phi) is 4.00. The second-order valence-electron chi connectivity index (χ2n) is 4.65. The van der Waals surface area contributed by atoms with Gasteiger partial charge >= 0.3 is 5.69 Å². The predicted molar refractivity (Wildman–Crippen MR) is 74.2 cm³/mol. The summed E-state index contributed by atoms with van der Waals surface area (Å²) >= 11 is 0.711. The van der Waals surface area contributed by atoms with E-state index in [0.717, 1.165) is 6.07 Å². The molecule has 0 radical (unpaired) electrons. The first kappa shape index (κ1) is 15.2. The normalized spacial score (nSPS) is 24.7. The lowest BCUT2D eigenvalue weighted by Gasteiger charge is -2.33. The van der Waals surface area contributed by atoms with E-state index >= 15 is 0 Å². The van der Waals surface area contributed by atoms with Crippen molar-refractivity contribution in [2.24, 2.45) is 0 Å². The Morgan fingerprint density at radius 1 is 1.45 bits per heavy atom. The average molecular weight is 321 g/mol. The second-order valence-corrected chi connectivity index (χ2v) is 7.90. The van der Waals surface area contributed by atoms with Crippen molar-refractivity contribution in [1.29, 1.82) is 0 Å². The highest BCUT2D eigenvalue weighted by atomic mass is 32.2. The Bertz CT molecular complexity index is 617. The van der Waals surface area contributed by atoms with Gasteiger partial charge in [-0.1, -0.05) is 11.3 Å². The van der Waals surface area contributed by atoms with E-state index in [1.165, 1.54) is 4.31 Å². The average Bonchev–Trinajstić information content (AvgIpc) is 2.70. The lowest BCUT2D eigenvalue weighted by Crippen LogP contribution is -2.47. The molecule has 0 aliphatic carbocycles. The number of nitrogen functional groups attached to an aromatic ring is 1. The summed E-state index contributed by atoms with van der Waals surface area (Å²) in [5, 5.41) is 10.6. The molecule has 0 amide bonds. The fourth-order valence-corrected chi connectivity index (χ4v) is 5.06. The largest absolute Gasteiger partial charge is 0.385 e. The number of hydrogen-bond donors (Lipinski definition) is 1. The van der Waals surface area contributed by atoms with Crippen LogP contribution in [0, 0.1) is 10.1 Å². The van der Waals surface area contributed by atoms with E-state index in [1.54, 1.807) is 13.8 Å². The number of ether oxygens (including phenoxy) is 1. The van der Waals surface area contributed by atoms with Gasteiger partial charge in [0.25, 0.3) is 10.0 Å². The minimum atomic E-state index is -3.78. The molecule has 0 saturated carbocycles. The SMILES string of the molecule is CC1CN(S(=O)(=O)c2cc([N+](=O)[O-])c(N)s2)CC(C)O1. The minimum Gasteiger partial charge on any atom is -0.385 e. The van der Waals surface area contributed by atoms with Gasteiger partial charge in [-0.05, 0) is 13.8 Å². The van der Waals surface area contributed by atoms with Crippen LogP contribution in [0.5, 0.6) is 0 Å². The lowest BCUT2D eigenvalue weighted by atomic mass is 10.3. The third-order valence-electron chi connectivity index (χ3n) is 2.89. The van der Waals surface area contributed by atoms with E-state index < -0.39 is 14.9 Å². The van der Waals surface area contributed by atoms with Crippen molar-refractivity contribution in [1.82, 2.24) is 4.31 Å². The molecule has 2 N–H and O–H groups in total. The topological polar surface area (TPSA) is 116 Å². The quantitative estimate of drug-likeness (QED) is 0.656. The van der Waals surface area contributed by atoms with Gasteiger partial charge in [-0.25, -0.2) is 8.42 Å². The van der Waals surface area contributed by atoms with Crippen LogP contribution in [-0.2, 0) is 14.8 Å². The standard InChI is InChI=1S/C10H15N3O5S2/c1-6-4-12(5-7(2)18-6)20(16,17)9-3-8(13(14)15)10(11)19-9/h3,6-7H,4-5,11H2,1-2H3. The number of anilines is 1. The Morgan fingerprint density at radius 2 is 2.00 bits per heavy atom. The summed E-state index contributed by atoms with van der Waals surface area (Å²) in [6.45, 7) is 4.00. The maximum absolute atomic E-state index is 12.5. The van der Waals surface area contributed by atoms with E-state index in [4.69, 9.17) is 10.5 Å². The van der Waals surface area contributed by atoms with Crippen molar-refractivity contribution >= 4 is 32.0 Å². The van der Waals surface area contributed by atoms with Gasteiger partial charge in [0, 0.05) is 19.2 Å². The van der Waals surface area contributed by atoms with Gasteiger partial charge in [-0.2, -0.15) is 4.31 Å². The van der Waals surface area contributed by atoms with Crippen LogP contribution in [0.4, 0.5) is 10.7 Å². The van der Waals surface area contributed by atoms with E-state index in [-0.39, 0.29) is 40.2 Å². The van der Waals surface area contributed by atoms with Gasteiger partial charge in [-0.3, -0.25) is 10.1 Å². The molecule has 2 rings (SSSR count). The molecule has 20 heavy (non-hydrogen) atoms. The van der Waals surface area contributed by atoms with Crippen molar-refractivity contribution in [3.8, 4) is 0 Å². The maximum atomic E-state index is 12.5. The predicted octanol–water partition coefficient (Wildman–Crippen LogP) is 1.04. The Balaban J connectivity index is 2.35. The number of nitrogens with two attached hydrogens (primary N) is 1. The summed E-state index contributed by atoms with van der Waals surface area (Å²) in [4.78, 5) is 10.1. The molecule has 10 heteroatoms. The number of hydrogen-bond acceptors (Lipinski definition) is 7. The highest BCUT2D eigenvalue weighted by Gasteiger charge is 2.35. The summed E-state index contributed by atoms with van der Waals surface area (Å²) in [5.41, 5.74) is 5.12. The summed E-state index contributed by atoms with van der Waals surface area (Å²) < 4.78 is 31.6. The summed E-state index contributed by atoms with van der Waals surface area (Å²) in [7, 11) is -3.78. The number of nitrogens with zero attached hydrogens (tertiary/aromatic N) is 2. The fraction of sp³-hybridized carbons (Fsp3) is 0.600. The van der Waals surface area contributed by atoms with Crippen molar-refractivity contribution in [3.63, 3.8) is 0 Å². The third-order valence-corrected chi connectivity index (χ3v) is 6.13. The lowest BCUT2D eigenvalue weighted by molar-refractivity contribution is -0.383. The molecule has 0 spiro atoms. The van der Waals surface area contributed by atoms with Crippen molar-refractivity contribution < 1.29 is 18.1 Å². The third kappa shape index (κ3) is 2.77. The molecule has 2 heterocycles. The Morgan fingerprint density at radius 3 is 2.45 bits per heavy atom.